The Hall–Kier alpha value is -1.79. The van der Waals surface area contributed by atoms with Crippen LogP contribution in [-0.4, -0.2) is 57.4 Å². The van der Waals surface area contributed by atoms with Gasteiger partial charge in [0.25, 0.3) is 0 Å². The average molecular weight is 334 g/mol. The van der Waals surface area contributed by atoms with Crippen molar-refractivity contribution in [1.82, 2.24) is 10.2 Å². The lowest BCUT2D eigenvalue weighted by atomic mass is 10.0. The van der Waals surface area contributed by atoms with E-state index in [1.54, 1.807) is 14.2 Å². The Morgan fingerprint density at radius 3 is 2.67 bits per heavy atom. The molecule has 0 radical (unpaired) electrons. The van der Waals surface area contributed by atoms with Crippen LogP contribution in [0.2, 0.25) is 0 Å². The predicted molar refractivity (Wildman–Crippen MR) is 97.5 cm³/mol. The number of methoxy groups -OCH3 is 2. The van der Waals surface area contributed by atoms with Crippen molar-refractivity contribution in [2.75, 3.05) is 40.5 Å². The highest BCUT2D eigenvalue weighted by Gasteiger charge is 2.25. The van der Waals surface area contributed by atoms with E-state index in [1.165, 1.54) is 18.4 Å². The number of aliphatic imine (C=N–C) groups is 1. The van der Waals surface area contributed by atoms with Gasteiger partial charge in [-0.1, -0.05) is 18.2 Å². The molecular weight excluding hydrogens is 304 g/mol. The summed E-state index contributed by atoms with van der Waals surface area (Å²) in [6.07, 6.45) is 2.46. The molecule has 0 bridgehead atoms. The summed E-state index contributed by atoms with van der Waals surface area (Å²) in [4.78, 5) is 7.04. The number of benzene rings is 1. The third-order valence-electron chi connectivity index (χ3n) is 4.32. The molecule has 0 spiro atoms. The molecule has 1 aliphatic heterocycles. The number of para-hydroxylation sites is 1. The molecule has 1 aromatic carbocycles. The lowest BCUT2D eigenvalue weighted by molar-refractivity contribution is 0.179. The van der Waals surface area contributed by atoms with Gasteiger partial charge in [-0.2, -0.15) is 0 Å². The number of guanidine groups is 1. The Morgan fingerprint density at radius 2 is 2.00 bits per heavy atom. The fourth-order valence-corrected chi connectivity index (χ4v) is 3.18. The highest BCUT2D eigenvalue weighted by molar-refractivity contribution is 5.78. The molecule has 0 unspecified atom stereocenters. The first-order valence-electron chi connectivity index (χ1n) is 8.58. The summed E-state index contributed by atoms with van der Waals surface area (Å²) in [7, 11) is 3.39. The standard InChI is InChI=1S/C18H30N4O2/c1-14(13-23-2)21-18(19)20-12-16(22-10-6-7-11-22)15-8-4-5-9-17(15)24-3/h4-5,8-9,14,16H,6-7,10-13H2,1-3H3,(H3,19,20,21)/t14-,16+/m0/s1. The van der Waals surface area contributed by atoms with Gasteiger partial charge in [0.1, 0.15) is 5.75 Å². The van der Waals surface area contributed by atoms with E-state index in [-0.39, 0.29) is 12.1 Å². The zero-order valence-electron chi connectivity index (χ0n) is 15.0. The van der Waals surface area contributed by atoms with Crippen molar-refractivity contribution in [3.63, 3.8) is 0 Å². The van der Waals surface area contributed by atoms with Gasteiger partial charge in [0, 0.05) is 18.7 Å². The second-order valence-electron chi connectivity index (χ2n) is 6.23. The molecule has 1 heterocycles. The molecule has 1 aromatic rings. The minimum Gasteiger partial charge on any atom is -0.496 e. The Bertz CT molecular complexity index is 530. The van der Waals surface area contributed by atoms with E-state index in [0.29, 0.717) is 19.1 Å². The van der Waals surface area contributed by atoms with Gasteiger partial charge in [0.15, 0.2) is 5.96 Å². The van der Waals surface area contributed by atoms with Gasteiger partial charge in [-0.15, -0.1) is 0 Å². The maximum atomic E-state index is 6.03. The highest BCUT2D eigenvalue weighted by Crippen LogP contribution is 2.31. The third kappa shape index (κ3) is 5.11. The van der Waals surface area contributed by atoms with Gasteiger partial charge >= 0.3 is 0 Å². The van der Waals surface area contributed by atoms with Gasteiger partial charge in [-0.3, -0.25) is 9.89 Å². The van der Waals surface area contributed by atoms with Gasteiger partial charge in [0.2, 0.25) is 0 Å². The molecule has 3 N–H and O–H groups in total. The van der Waals surface area contributed by atoms with Gasteiger partial charge in [-0.05, 0) is 38.9 Å². The summed E-state index contributed by atoms with van der Waals surface area (Å²) in [5.74, 6) is 1.36. The number of hydrogen-bond donors (Lipinski definition) is 2. The van der Waals surface area contributed by atoms with E-state index in [0.717, 1.165) is 18.8 Å². The number of ether oxygens (including phenoxy) is 2. The van der Waals surface area contributed by atoms with E-state index in [9.17, 15) is 0 Å². The molecular formula is C18H30N4O2. The lowest BCUT2D eigenvalue weighted by Gasteiger charge is -2.28. The summed E-state index contributed by atoms with van der Waals surface area (Å²) in [5, 5.41) is 3.16. The van der Waals surface area contributed by atoms with Gasteiger partial charge in [-0.25, -0.2) is 0 Å². The predicted octanol–water partition coefficient (Wildman–Crippen LogP) is 1.77. The smallest absolute Gasteiger partial charge is 0.188 e. The van der Waals surface area contributed by atoms with E-state index in [1.807, 2.05) is 25.1 Å². The SMILES string of the molecule is COC[C@H](C)NC(N)=NC[C@H](c1ccccc1OC)N1CCCC1. The lowest BCUT2D eigenvalue weighted by Crippen LogP contribution is -2.41. The van der Waals surface area contributed by atoms with Crippen molar-refractivity contribution in [3.05, 3.63) is 29.8 Å². The van der Waals surface area contributed by atoms with Crippen LogP contribution in [0, 0.1) is 0 Å². The molecule has 0 saturated carbocycles. The fourth-order valence-electron chi connectivity index (χ4n) is 3.18. The van der Waals surface area contributed by atoms with Crippen LogP contribution in [0.4, 0.5) is 0 Å². The average Bonchev–Trinajstić information content (AvgIpc) is 3.10. The number of likely N-dealkylation sites (tertiary alicyclic amines) is 1. The molecule has 2 atom stereocenters. The van der Waals surface area contributed by atoms with Crippen LogP contribution >= 0.6 is 0 Å². The van der Waals surface area contributed by atoms with Crippen molar-refractivity contribution < 1.29 is 9.47 Å². The fraction of sp³-hybridized carbons (Fsp3) is 0.611. The molecule has 134 valence electrons. The summed E-state index contributed by atoms with van der Waals surface area (Å²) in [6, 6.07) is 8.48. The van der Waals surface area contributed by atoms with Crippen LogP contribution in [0.3, 0.4) is 0 Å². The van der Waals surface area contributed by atoms with Crippen LogP contribution in [0.1, 0.15) is 31.4 Å². The molecule has 6 heteroatoms. The number of nitrogens with zero attached hydrogens (tertiary/aromatic N) is 2. The summed E-state index contributed by atoms with van der Waals surface area (Å²) >= 11 is 0. The third-order valence-corrected chi connectivity index (χ3v) is 4.32. The van der Waals surface area contributed by atoms with Crippen LogP contribution < -0.4 is 15.8 Å². The van der Waals surface area contributed by atoms with Crippen molar-refractivity contribution >= 4 is 5.96 Å². The first-order chi connectivity index (χ1) is 11.7. The first-order valence-corrected chi connectivity index (χ1v) is 8.58. The number of hydrogen-bond acceptors (Lipinski definition) is 4. The Labute approximate surface area is 145 Å². The molecule has 2 rings (SSSR count). The second-order valence-corrected chi connectivity index (χ2v) is 6.23. The first kappa shape index (κ1) is 18.5. The number of rotatable bonds is 8. The molecule has 6 nitrogen and oxygen atoms in total. The van der Waals surface area contributed by atoms with Crippen LogP contribution in [0.25, 0.3) is 0 Å². The second kappa shape index (κ2) is 9.49. The zero-order chi connectivity index (χ0) is 17.4. The van der Waals surface area contributed by atoms with Crippen molar-refractivity contribution in [3.8, 4) is 5.75 Å². The largest absolute Gasteiger partial charge is 0.496 e. The summed E-state index contributed by atoms with van der Waals surface area (Å²) < 4.78 is 10.7. The molecule has 1 aliphatic rings. The number of nitrogens with one attached hydrogen (secondary N) is 1. The molecule has 0 amide bonds. The maximum Gasteiger partial charge on any atom is 0.188 e. The zero-order valence-corrected chi connectivity index (χ0v) is 15.0. The van der Waals surface area contributed by atoms with E-state index in [4.69, 9.17) is 15.2 Å². The van der Waals surface area contributed by atoms with E-state index >= 15 is 0 Å². The Morgan fingerprint density at radius 1 is 1.29 bits per heavy atom. The van der Waals surface area contributed by atoms with Crippen LogP contribution in [0.5, 0.6) is 5.75 Å². The summed E-state index contributed by atoms with van der Waals surface area (Å²) in [6.45, 7) is 5.40. The van der Waals surface area contributed by atoms with Gasteiger partial charge in [0.05, 0.1) is 26.3 Å². The molecule has 0 aromatic heterocycles. The van der Waals surface area contributed by atoms with Crippen LogP contribution in [-0.2, 0) is 4.74 Å². The van der Waals surface area contributed by atoms with Crippen molar-refractivity contribution in [2.24, 2.45) is 10.7 Å². The Balaban J connectivity index is 2.12. The normalized spacial score (nSPS) is 18.4. The van der Waals surface area contributed by atoms with E-state index in [2.05, 4.69) is 21.3 Å². The molecule has 1 saturated heterocycles. The minimum atomic E-state index is 0.134. The maximum absolute atomic E-state index is 6.03. The highest BCUT2D eigenvalue weighted by atomic mass is 16.5. The Kier molecular flexibility index (Phi) is 7.34. The topological polar surface area (TPSA) is 72.1 Å². The van der Waals surface area contributed by atoms with Crippen molar-refractivity contribution in [2.45, 2.75) is 31.8 Å². The molecule has 24 heavy (non-hydrogen) atoms. The van der Waals surface area contributed by atoms with Gasteiger partial charge < -0.3 is 20.5 Å². The quantitative estimate of drug-likeness (QED) is 0.560. The van der Waals surface area contributed by atoms with E-state index < -0.39 is 0 Å². The number of nitrogens with two attached hydrogens (primary N) is 1. The minimum absolute atomic E-state index is 0.134. The van der Waals surface area contributed by atoms with Crippen molar-refractivity contribution in [1.29, 1.82) is 0 Å². The van der Waals surface area contributed by atoms with Crippen LogP contribution in [0.15, 0.2) is 29.3 Å². The molecule has 0 aliphatic carbocycles. The summed E-state index contributed by atoms with van der Waals surface area (Å²) in [5.41, 5.74) is 7.20. The monoisotopic (exact) mass is 334 g/mol. The molecule has 1 fully saturated rings.